The van der Waals surface area contributed by atoms with Crippen molar-refractivity contribution in [1.29, 1.82) is 0 Å². The fourth-order valence-electron chi connectivity index (χ4n) is 2.10. The molecule has 1 fully saturated rings. The number of amides is 1. The Morgan fingerprint density at radius 3 is 3.05 bits per heavy atom. The molecular weight excluding hydrogens is 262 g/mol. The number of rotatable bonds is 5. The van der Waals surface area contributed by atoms with Crippen molar-refractivity contribution in [1.82, 2.24) is 9.88 Å². The Balaban J connectivity index is 1.92. The van der Waals surface area contributed by atoms with Crippen LogP contribution in [0.1, 0.15) is 6.42 Å². The molecule has 0 bridgehead atoms. The average Bonchev–Trinajstić information content (AvgIpc) is 2.90. The molecule has 1 atom stereocenters. The van der Waals surface area contributed by atoms with E-state index in [4.69, 9.17) is 15.2 Å². The van der Waals surface area contributed by atoms with E-state index in [0.29, 0.717) is 25.4 Å². The van der Waals surface area contributed by atoms with Gasteiger partial charge in [-0.05, 0) is 6.07 Å². The fourth-order valence-corrected chi connectivity index (χ4v) is 2.10. The number of anilines is 1. The van der Waals surface area contributed by atoms with Crippen molar-refractivity contribution >= 4 is 11.6 Å². The Kier molecular flexibility index (Phi) is 4.41. The lowest BCUT2D eigenvalue weighted by atomic mass is 10.0. The molecule has 7 heteroatoms. The number of nitrogens with one attached hydrogen (secondary N) is 1. The van der Waals surface area contributed by atoms with Gasteiger partial charge in [0.15, 0.2) is 0 Å². The summed E-state index contributed by atoms with van der Waals surface area (Å²) in [6, 6.07) is 2.84. The van der Waals surface area contributed by atoms with Gasteiger partial charge < -0.3 is 25.1 Å². The molecule has 1 amide bonds. The van der Waals surface area contributed by atoms with E-state index >= 15 is 0 Å². The first-order valence-electron chi connectivity index (χ1n) is 6.40. The van der Waals surface area contributed by atoms with Gasteiger partial charge in [-0.1, -0.05) is 0 Å². The van der Waals surface area contributed by atoms with Gasteiger partial charge in [0.1, 0.15) is 12.1 Å². The summed E-state index contributed by atoms with van der Waals surface area (Å²) in [5.74, 6) is -0.263. The van der Waals surface area contributed by atoms with Crippen molar-refractivity contribution in [2.24, 2.45) is 0 Å². The monoisotopic (exact) mass is 281 g/mol. The number of nitrogen functional groups attached to an aromatic ring is 1. The van der Waals surface area contributed by atoms with E-state index in [2.05, 4.69) is 5.32 Å². The van der Waals surface area contributed by atoms with Crippen LogP contribution in [0, 0.1) is 0 Å². The molecule has 0 radical (unpaired) electrons. The summed E-state index contributed by atoms with van der Waals surface area (Å²) in [5, 5.41) is 2.77. The van der Waals surface area contributed by atoms with Crippen LogP contribution in [0.3, 0.4) is 0 Å². The van der Waals surface area contributed by atoms with Gasteiger partial charge in [-0.15, -0.1) is 0 Å². The van der Waals surface area contributed by atoms with Crippen LogP contribution >= 0.6 is 0 Å². The summed E-state index contributed by atoms with van der Waals surface area (Å²) >= 11 is 0. The number of carbonyl (C=O) groups excluding carboxylic acids is 1. The third-order valence-electron chi connectivity index (χ3n) is 3.43. The number of hydrogen-bond donors (Lipinski definition) is 2. The largest absolute Gasteiger partial charge is 0.398 e. The molecule has 1 aromatic rings. The lowest BCUT2D eigenvalue weighted by molar-refractivity contribution is -0.123. The molecule has 110 valence electrons. The Bertz CT molecular complexity index is 535. The summed E-state index contributed by atoms with van der Waals surface area (Å²) in [6.07, 6.45) is 2.19. The molecule has 1 saturated heterocycles. The molecule has 1 aromatic heterocycles. The van der Waals surface area contributed by atoms with Gasteiger partial charge in [-0.2, -0.15) is 0 Å². The second-order valence-electron chi connectivity index (χ2n) is 4.90. The van der Waals surface area contributed by atoms with E-state index in [-0.39, 0.29) is 18.0 Å². The van der Waals surface area contributed by atoms with Crippen LogP contribution in [0.4, 0.5) is 5.69 Å². The van der Waals surface area contributed by atoms with Crippen LogP contribution in [-0.4, -0.2) is 42.9 Å². The maximum Gasteiger partial charge on any atom is 0.251 e. The van der Waals surface area contributed by atoms with Crippen LogP contribution in [0.5, 0.6) is 0 Å². The predicted octanol–water partition coefficient (Wildman–Crippen LogP) is -0.648. The SMILES string of the molecule is COC1(CNC(=O)Cn2cc(N)ccc2=O)CCOC1. The summed E-state index contributed by atoms with van der Waals surface area (Å²) in [6.45, 7) is 1.38. The second kappa shape index (κ2) is 6.06. The maximum absolute atomic E-state index is 11.9. The zero-order chi connectivity index (χ0) is 14.6. The van der Waals surface area contributed by atoms with Gasteiger partial charge in [0, 0.05) is 44.6 Å². The van der Waals surface area contributed by atoms with Crippen LogP contribution in [-0.2, 0) is 20.8 Å². The molecule has 0 spiro atoms. The topological polar surface area (TPSA) is 95.6 Å². The Morgan fingerprint density at radius 2 is 2.40 bits per heavy atom. The van der Waals surface area contributed by atoms with Crippen molar-refractivity contribution in [3.63, 3.8) is 0 Å². The summed E-state index contributed by atoms with van der Waals surface area (Å²) in [4.78, 5) is 23.5. The Morgan fingerprint density at radius 1 is 1.60 bits per heavy atom. The first kappa shape index (κ1) is 14.5. The number of carbonyl (C=O) groups is 1. The van der Waals surface area contributed by atoms with Gasteiger partial charge in [0.05, 0.1) is 6.61 Å². The quantitative estimate of drug-likeness (QED) is 0.748. The van der Waals surface area contributed by atoms with E-state index in [1.165, 1.54) is 22.9 Å². The molecule has 7 nitrogen and oxygen atoms in total. The highest BCUT2D eigenvalue weighted by molar-refractivity contribution is 5.75. The van der Waals surface area contributed by atoms with Crippen LogP contribution in [0.15, 0.2) is 23.1 Å². The zero-order valence-electron chi connectivity index (χ0n) is 11.4. The van der Waals surface area contributed by atoms with Crippen LogP contribution in [0.2, 0.25) is 0 Å². The van der Waals surface area contributed by atoms with Crippen molar-refractivity contribution in [2.75, 3.05) is 32.6 Å². The molecule has 1 aliphatic rings. The number of nitrogens with two attached hydrogens (primary N) is 1. The molecule has 1 aliphatic heterocycles. The average molecular weight is 281 g/mol. The van der Waals surface area contributed by atoms with Crippen LogP contribution < -0.4 is 16.6 Å². The molecule has 1 unspecified atom stereocenters. The van der Waals surface area contributed by atoms with E-state index in [0.717, 1.165) is 6.42 Å². The van der Waals surface area contributed by atoms with Gasteiger partial charge >= 0.3 is 0 Å². The first-order chi connectivity index (χ1) is 9.54. The third kappa shape index (κ3) is 3.37. The number of methoxy groups -OCH3 is 1. The standard InChI is InChI=1S/C13H19N3O4/c1-19-13(4-5-20-9-13)8-15-11(17)7-16-6-10(14)2-3-12(16)18/h2-3,6H,4-5,7-9,14H2,1H3,(H,15,17). The minimum atomic E-state index is -0.462. The van der Waals surface area contributed by atoms with Gasteiger partial charge in [0.2, 0.25) is 5.91 Å². The van der Waals surface area contributed by atoms with Crippen molar-refractivity contribution in [3.8, 4) is 0 Å². The molecule has 3 N–H and O–H groups in total. The third-order valence-corrected chi connectivity index (χ3v) is 3.43. The number of hydrogen-bond acceptors (Lipinski definition) is 5. The number of aromatic nitrogens is 1. The zero-order valence-corrected chi connectivity index (χ0v) is 11.4. The highest BCUT2D eigenvalue weighted by Gasteiger charge is 2.35. The molecule has 0 aliphatic carbocycles. The minimum Gasteiger partial charge on any atom is -0.398 e. The van der Waals surface area contributed by atoms with Gasteiger partial charge in [0.25, 0.3) is 5.56 Å². The highest BCUT2D eigenvalue weighted by atomic mass is 16.5. The lowest BCUT2D eigenvalue weighted by Gasteiger charge is -2.25. The molecular formula is C13H19N3O4. The second-order valence-corrected chi connectivity index (χ2v) is 4.90. The highest BCUT2D eigenvalue weighted by Crippen LogP contribution is 2.21. The van der Waals surface area contributed by atoms with Crippen molar-refractivity contribution in [2.45, 2.75) is 18.6 Å². The normalized spacial score (nSPS) is 21.9. The molecule has 0 saturated carbocycles. The van der Waals surface area contributed by atoms with E-state index < -0.39 is 5.60 Å². The Labute approximate surface area is 116 Å². The lowest BCUT2D eigenvalue weighted by Crippen LogP contribution is -2.46. The van der Waals surface area contributed by atoms with Gasteiger partial charge in [-0.3, -0.25) is 9.59 Å². The number of nitrogens with zero attached hydrogens (tertiary/aromatic N) is 1. The molecule has 2 rings (SSSR count). The molecule has 2 heterocycles. The van der Waals surface area contributed by atoms with Crippen molar-refractivity contribution in [3.05, 3.63) is 28.7 Å². The fraction of sp³-hybridized carbons (Fsp3) is 0.538. The maximum atomic E-state index is 11.9. The summed E-state index contributed by atoms with van der Waals surface area (Å²) in [5.41, 5.74) is 5.31. The van der Waals surface area contributed by atoms with Gasteiger partial charge in [-0.25, -0.2) is 0 Å². The van der Waals surface area contributed by atoms with E-state index in [1.807, 2.05) is 0 Å². The molecule has 20 heavy (non-hydrogen) atoms. The number of ether oxygens (including phenoxy) is 2. The van der Waals surface area contributed by atoms with E-state index in [9.17, 15) is 9.59 Å². The molecule has 0 aromatic carbocycles. The Hall–Kier alpha value is -1.86. The van der Waals surface area contributed by atoms with Crippen LogP contribution in [0.25, 0.3) is 0 Å². The van der Waals surface area contributed by atoms with Crippen molar-refractivity contribution < 1.29 is 14.3 Å². The first-order valence-corrected chi connectivity index (χ1v) is 6.40. The predicted molar refractivity (Wildman–Crippen MR) is 73.3 cm³/mol. The van der Waals surface area contributed by atoms with E-state index in [1.54, 1.807) is 7.11 Å². The smallest absolute Gasteiger partial charge is 0.251 e. The number of pyridine rings is 1. The minimum absolute atomic E-state index is 0.0650. The summed E-state index contributed by atoms with van der Waals surface area (Å²) in [7, 11) is 1.60. The summed E-state index contributed by atoms with van der Waals surface area (Å²) < 4.78 is 12.0.